The van der Waals surface area contributed by atoms with Crippen LogP contribution in [0.15, 0.2) is 36.4 Å². The Kier molecular flexibility index (Phi) is 3.71. The number of halogens is 3. The van der Waals surface area contributed by atoms with Gasteiger partial charge in [0.1, 0.15) is 5.82 Å². The molecule has 0 radical (unpaired) electrons. The zero-order valence-electron chi connectivity index (χ0n) is 9.75. The first-order valence-electron chi connectivity index (χ1n) is 5.48. The second-order valence-electron chi connectivity index (χ2n) is 3.87. The molecule has 1 N–H and O–H groups in total. The molecule has 0 amide bonds. The van der Waals surface area contributed by atoms with Crippen molar-refractivity contribution in [2.24, 2.45) is 0 Å². The molecule has 5 heteroatoms. The molecule has 0 aliphatic carbocycles. The summed E-state index contributed by atoms with van der Waals surface area (Å²) in [5.74, 6) is -2.46. The minimum atomic E-state index is -1.00. The van der Waals surface area contributed by atoms with Gasteiger partial charge in [0.25, 0.3) is 0 Å². The van der Waals surface area contributed by atoms with Crippen molar-refractivity contribution in [2.45, 2.75) is 6.54 Å². The van der Waals surface area contributed by atoms with Crippen molar-refractivity contribution in [3.8, 4) is 6.07 Å². The van der Waals surface area contributed by atoms with Gasteiger partial charge in [-0.05, 0) is 35.9 Å². The Hall–Kier alpha value is -2.48. The smallest absolute Gasteiger partial charge is 0.181 e. The summed E-state index contributed by atoms with van der Waals surface area (Å²) in [5.41, 5.74) is 0.630. The molecule has 0 aromatic heterocycles. The number of rotatable bonds is 3. The maximum absolute atomic E-state index is 13.4. The highest BCUT2D eigenvalue weighted by Gasteiger charge is 2.08. The zero-order chi connectivity index (χ0) is 13.8. The van der Waals surface area contributed by atoms with Gasteiger partial charge < -0.3 is 5.32 Å². The number of hydrogen-bond acceptors (Lipinski definition) is 2. The third-order valence-corrected chi connectivity index (χ3v) is 2.61. The highest BCUT2D eigenvalue weighted by Crippen LogP contribution is 2.18. The average Bonchev–Trinajstić information content (AvgIpc) is 2.40. The molecule has 0 aliphatic rings. The minimum Gasteiger partial charge on any atom is -0.378 e. The molecule has 0 bridgehead atoms. The molecule has 2 aromatic rings. The highest BCUT2D eigenvalue weighted by atomic mass is 19.2. The number of nitrogens with zero attached hydrogens (tertiary/aromatic N) is 1. The molecule has 0 saturated heterocycles. The molecular formula is C14H9F3N2. The van der Waals surface area contributed by atoms with E-state index in [4.69, 9.17) is 5.26 Å². The van der Waals surface area contributed by atoms with Crippen molar-refractivity contribution < 1.29 is 13.2 Å². The summed E-state index contributed by atoms with van der Waals surface area (Å²) in [5, 5.41) is 11.5. The van der Waals surface area contributed by atoms with E-state index in [0.29, 0.717) is 5.56 Å². The Morgan fingerprint density at radius 3 is 2.63 bits per heavy atom. The third-order valence-electron chi connectivity index (χ3n) is 2.61. The van der Waals surface area contributed by atoms with Gasteiger partial charge in [0, 0.05) is 6.54 Å². The average molecular weight is 262 g/mol. The van der Waals surface area contributed by atoms with Gasteiger partial charge in [-0.2, -0.15) is 5.26 Å². The Labute approximate surface area is 108 Å². The van der Waals surface area contributed by atoms with E-state index in [-0.39, 0.29) is 17.8 Å². The van der Waals surface area contributed by atoms with Crippen LogP contribution in [0.5, 0.6) is 0 Å². The van der Waals surface area contributed by atoms with Gasteiger partial charge in [0.2, 0.25) is 0 Å². The summed E-state index contributed by atoms with van der Waals surface area (Å²) < 4.78 is 39.5. The fourth-order valence-electron chi connectivity index (χ4n) is 1.65. The van der Waals surface area contributed by atoms with Crippen LogP contribution in [0.25, 0.3) is 0 Å². The van der Waals surface area contributed by atoms with Crippen molar-refractivity contribution in [3.05, 3.63) is 65.0 Å². The lowest BCUT2D eigenvalue weighted by Gasteiger charge is -2.09. The van der Waals surface area contributed by atoms with E-state index in [1.165, 1.54) is 30.3 Å². The molecular weight excluding hydrogens is 253 g/mol. The summed E-state index contributed by atoms with van der Waals surface area (Å²) >= 11 is 0. The molecule has 2 aromatic carbocycles. The number of anilines is 1. The highest BCUT2D eigenvalue weighted by molar-refractivity contribution is 5.47. The summed E-state index contributed by atoms with van der Waals surface area (Å²) in [4.78, 5) is 0. The van der Waals surface area contributed by atoms with Crippen LogP contribution < -0.4 is 5.32 Å². The van der Waals surface area contributed by atoms with Crippen molar-refractivity contribution >= 4 is 5.69 Å². The van der Waals surface area contributed by atoms with Gasteiger partial charge in [0.05, 0.1) is 17.3 Å². The van der Waals surface area contributed by atoms with Gasteiger partial charge in [-0.3, -0.25) is 0 Å². The topological polar surface area (TPSA) is 35.8 Å². The Morgan fingerprint density at radius 1 is 1.11 bits per heavy atom. The van der Waals surface area contributed by atoms with E-state index < -0.39 is 17.5 Å². The summed E-state index contributed by atoms with van der Waals surface area (Å²) in [6.07, 6.45) is 0. The number of hydrogen-bond donors (Lipinski definition) is 1. The van der Waals surface area contributed by atoms with E-state index in [2.05, 4.69) is 5.32 Å². The van der Waals surface area contributed by atoms with Gasteiger partial charge in [-0.25, -0.2) is 13.2 Å². The van der Waals surface area contributed by atoms with Crippen LogP contribution in [-0.2, 0) is 6.54 Å². The first kappa shape index (κ1) is 13.0. The van der Waals surface area contributed by atoms with Crippen LogP contribution in [0, 0.1) is 28.8 Å². The van der Waals surface area contributed by atoms with E-state index in [1.54, 1.807) is 0 Å². The first-order valence-corrected chi connectivity index (χ1v) is 5.48. The standard InChI is InChI=1S/C14H9F3N2/c15-11-5-4-9(7-18)10(6-11)8-19-13-3-1-2-12(16)14(13)17/h1-6,19H,8H2. The molecule has 19 heavy (non-hydrogen) atoms. The van der Waals surface area contributed by atoms with Crippen LogP contribution in [0.4, 0.5) is 18.9 Å². The van der Waals surface area contributed by atoms with E-state index in [9.17, 15) is 13.2 Å². The van der Waals surface area contributed by atoms with E-state index in [0.717, 1.165) is 6.07 Å². The van der Waals surface area contributed by atoms with Crippen LogP contribution in [0.2, 0.25) is 0 Å². The lowest BCUT2D eigenvalue weighted by atomic mass is 10.1. The number of benzene rings is 2. The molecule has 2 nitrogen and oxygen atoms in total. The van der Waals surface area contributed by atoms with E-state index in [1.807, 2.05) is 6.07 Å². The maximum Gasteiger partial charge on any atom is 0.181 e. The van der Waals surface area contributed by atoms with Crippen LogP contribution in [0.3, 0.4) is 0 Å². The molecule has 0 atom stereocenters. The normalized spacial score (nSPS) is 10.0. The molecule has 0 saturated carbocycles. The lowest BCUT2D eigenvalue weighted by molar-refractivity contribution is 0.511. The second kappa shape index (κ2) is 5.44. The summed E-state index contributed by atoms with van der Waals surface area (Å²) in [6, 6.07) is 9.33. The third kappa shape index (κ3) is 2.86. The fraction of sp³-hybridized carbons (Fsp3) is 0.0714. The van der Waals surface area contributed by atoms with Crippen LogP contribution >= 0.6 is 0 Å². The van der Waals surface area contributed by atoms with Gasteiger partial charge in [0.15, 0.2) is 11.6 Å². The van der Waals surface area contributed by atoms with Crippen molar-refractivity contribution in [1.29, 1.82) is 5.26 Å². The van der Waals surface area contributed by atoms with Gasteiger partial charge in [-0.1, -0.05) is 6.07 Å². The second-order valence-corrected chi connectivity index (χ2v) is 3.87. The predicted octanol–water partition coefficient (Wildman–Crippen LogP) is 3.59. The lowest BCUT2D eigenvalue weighted by Crippen LogP contribution is -2.04. The molecule has 0 fully saturated rings. The van der Waals surface area contributed by atoms with Crippen molar-refractivity contribution in [2.75, 3.05) is 5.32 Å². The minimum absolute atomic E-state index is 0.0288. The van der Waals surface area contributed by atoms with E-state index >= 15 is 0 Å². The summed E-state index contributed by atoms with van der Waals surface area (Å²) in [7, 11) is 0. The Morgan fingerprint density at radius 2 is 1.89 bits per heavy atom. The van der Waals surface area contributed by atoms with Crippen molar-refractivity contribution in [3.63, 3.8) is 0 Å². The van der Waals surface area contributed by atoms with Crippen molar-refractivity contribution in [1.82, 2.24) is 0 Å². The zero-order valence-corrected chi connectivity index (χ0v) is 9.75. The van der Waals surface area contributed by atoms with Gasteiger partial charge >= 0.3 is 0 Å². The first-order chi connectivity index (χ1) is 9.11. The molecule has 0 unspecified atom stereocenters. The molecule has 2 rings (SSSR count). The fourth-order valence-corrected chi connectivity index (χ4v) is 1.65. The Balaban J connectivity index is 2.21. The van der Waals surface area contributed by atoms with Crippen LogP contribution in [-0.4, -0.2) is 0 Å². The predicted molar refractivity (Wildman–Crippen MR) is 64.8 cm³/mol. The largest absolute Gasteiger partial charge is 0.378 e. The molecule has 0 spiro atoms. The summed E-state index contributed by atoms with van der Waals surface area (Å²) in [6.45, 7) is 0.0288. The Bertz CT molecular complexity index is 648. The SMILES string of the molecule is N#Cc1ccc(F)cc1CNc1cccc(F)c1F. The van der Waals surface area contributed by atoms with Gasteiger partial charge in [-0.15, -0.1) is 0 Å². The molecule has 0 aliphatic heterocycles. The number of nitriles is 1. The molecule has 0 heterocycles. The van der Waals surface area contributed by atoms with Crippen LogP contribution in [0.1, 0.15) is 11.1 Å². The maximum atomic E-state index is 13.4. The monoisotopic (exact) mass is 262 g/mol. The quantitative estimate of drug-likeness (QED) is 0.917. The number of nitrogens with one attached hydrogen (secondary N) is 1. The molecule has 96 valence electrons.